The van der Waals surface area contributed by atoms with Gasteiger partial charge >= 0.3 is 5.97 Å². The highest BCUT2D eigenvalue weighted by molar-refractivity contribution is 5.97. The van der Waals surface area contributed by atoms with Crippen molar-refractivity contribution in [3.63, 3.8) is 0 Å². The van der Waals surface area contributed by atoms with Crippen molar-refractivity contribution in [2.24, 2.45) is 11.3 Å². The first-order chi connectivity index (χ1) is 11.4. The van der Waals surface area contributed by atoms with E-state index in [-0.39, 0.29) is 18.4 Å². The molecule has 2 atom stereocenters. The number of nitrogens with zero attached hydrogens (tertiary/aromatic N) is 2. The van der Waals surface area contributed by atoms with Crippen LogP contribution in [0.15, 0.2) is 18.2 Å². The van der Waals surface area contributed by atoms with E-state index in [4.69, 9.17) is 4.74 Å². The summed E-state index contributed by atoms with van der Waals surface area (Å²) in [6, 6.07) is 5.40. The van der Waals surface area contributed by atoms with E-state index in [0.717, 1.165) is 18.5 Å². The summed E-state index contributed by atoms with van der Waals surface area (Å²) in [7, 11) is 3.52. The van der Waals surface area contributed by atoms with E-state index >= 15 is 0 Å². The van der Waals surface area contributed by atoms with Gasteiger partial charge in [0.05, 0.1) is 7.11 Å². The predicted octanol–water partition coefficient (Wildman–Crippen LogP) is 1.48. The number of carboxylic acids is 1. The number of carboxylic acid groups (broad SMARTS) is 1. The molecule has 3 rings (SSSR count). The monoisotopic (exact) mass is 332 g/mol. The van der Waals surface area contributed by atoms with E-state index in [0.29, 0.717) is 24.4 Å². The van der Waals surface area contributed by atoms with Crippen LogP contribution in [0.3, 0.4) is 0 Å². The number of carbonyl (C=O) groups excluding carboxylic acids is 1. The van der Waals surface area contributed by atoms with Crippen LogP contribution in [0, 0.1) is 18.3 Å². The van der Waals surface area contributed by atoms with Crippen molar-refractivity contribution < 1.29 is 19.4 Å². The zero-order chi connectivity index (χ0) is 17.5. The van der Waals surface area contributed by atoms with Crippen LogP contribution in [-0.2, 0) is 4.79 Å². The molecule has 2 aliphatic heterocycles. The Hall–Kier alpha value is -2.08. The van der Waals surface area contributed by atoms with Gasteiger partial charge < -0.3 is 19.6 Å². The van der Waals surface area contributed by atoms with E-state index in [1.165, 1.54) is 0 Å². The Labute approximate surface area is 142 Å². The van der Waals surface area contributed by atoms with Gasteiger partial charge in [-0.1, -0.05) is 6.07 Å². The molecule has 2 heterocycles. The van der Waals surface area contributed by atoms with Crippen molar-refractivity contribution in [3.05, 3.63) is 29.3 Å². The molecule has 0 unspecified atom stereocenters. The number of likely N-dealkylation sites (tertiary alicyclic amines) is 2. The van der Waals surface area contributed by atoms with Crippen molar-refractivity contribution in [2.45, 2.75) is 13.3 Å². The number of aliphatic carboxylic acids is 1. The predicted molar refractivity (Wildman–Crippen MR) is 89.3 cm³/mol. The van der Waals surface area contributed by atoms with Crippen molar-refractivity contribution >= 4 is 11.9 Å². The summed E-state index contributed by atoms with van der Waals surface area (Å²) in [5.41, 5.74) is 0.526. The minimum Gasteiger partial charge on any atom is -0.496 e. The van der Waals surface area contributed by atoms with Crippen LogP contribution in [0.25, 0.3) is 0 Å². The van der Waals surface area contributed by atoms with E-state index in [1.54, 1.807) is 24.1 Å². The lowest BCUT2D eigenvalue weighted by molar-refractivity contribution is -0.153. The van der Waals surface area contributed by atoms with E-state index in [2.05, 4.69) is 4.90 Å². The van der Waals surface area contributed by atoms with Gasteiger partial charge in [-0.05, 0) is 45.0 Å². The molecule has 2 aliphatic rings. The summed E-state index contributed by atoms with van der Waals surface area (Å²) in [6.45, 7) is 4.01. The van der Waals surface area contributed by atoms with E-state index in [1.807, 2.05) is 20.0 Å². The fourth-order valence-electron chi connectivity index (χ4n) is 4.16. The molecule has 2 saturated heterocycles. The number of piperidine rings is 1. The molecule has 24 heavy (non-hydrogen) atoms. The molecule has 0 aromatic heterocycles. The Morgan fingerprint density at radius 2 is 2.08 bits per heavy atom. The van der Waals surface area contributed by atoms with Gasteiger partial charge in [-0.25, -0.2) is 0 Å². The number of amides is 1. The maximum atomic E-state index is 13.0. The second kappa shape index (κ2) is 6.09. The van der Waals surface area contributed by atoms with Gasteiger partial charge in [0.25, 0.3) is 5.91 Å². The standard InChI is InChI=1S/C18H24N2O4/c1-12-14(5-4-6-15(12)24-3)16(21)20-9-13-7-8-19(2)10-18(13,11-20)17(22)23/h4-6,13H,7-11H2,1-3H3,(H,22,23)/t13-,18-/m1/s1. The van der Waals surface area contributed by atoms with Crippen LogP contribution in [-0.4, -0.2) is 67.1 Å². The Bertz CT molecular complexity index is 675. The van der Waals surface area contributed by atoms with Crippen LogP contribution in [0.5, 0.6) is 5.75 Å². The number of hydrogen-bond donors (Lipinski definition) is 1. The summed E-state index contributed by atoms with van der Waals surface area (Å²) in [5, 5.41) is 9.84. The van der Waals surface area contributed by atoms with Gasteiger partial charge in [0.1, 0.15) is 11.2 Å². The molecule has 1 amide bonds. The molecule has 0 aliphatic carbocycles. The highest BCUT2D eigenvalue weighted by atomic mass is 16.5. The Morgan fingerprint density at radius 3 is 2.75 bits per heavy atom. The molecule has 0 saturated carbocycles. The normalized spacial score (nSPS) is 27.0. The number of carbonyl (C=O) groups is 2. The molecule has 6 nitrogen and oxygen atoms in total. The highest BCUT2D eigenvalue weighted by Gasteiger charge is 2.55. The zero-order valence-electron chi connectivity index (χ0n) is 14.4. The first-order valence-corrected chi connectivity index (χ1v) is 8.24. The molecule has 0 spiro atoms. The number of fused-ring (bicyclic) bond motifs is 1. The fraction of sp³-hybridized carbons (Fsp3) is 0.556. The lowest BCUT2D eigenvalue weighted by Gasteiger charge is -2.39. The topological polar surface area (TPSA) is 70.1 Å². The molecule has 1 aromatic carbocycles. The summed E-state index contributed by atoms with van der Waals surface area (Å²) in [4.78, 5) is 28.7. The second-order valence-corrected chi connectivity index (χ2v) is 7.00. The maximum Gasteiger partial charge on any atom is 0.313 e. The van der Waals surface area contributed by atoms with E-state index < -0.39 is 11.4 Å². The third-order valence-corrected chi connectivity index (χ3v) is 5.55. The number of ether oxygens (including phenoxy) is 1. The van der Waals surface area contributed by atoms with Gasteiger partial charge in [-0.3, -0.25) is 9.59 Å². The summed E-state index contributed by atoms with van der Waals surface area (Å²) in [6.07, 6.45) is 0.809. The Kier molecular flexibility index (Phi) is 4.25. The molecule has 0 bridgehead atoms. The lowest BCUT2D eigenvalue weighted by Crippen LogP contribution is -2.52. The van der Waals surface area contributed by atoms with Crippen LogP contribution in [0.1, 0.15) is 22.3 Å². The molecule has 1 N–H and O–H groups in total. The average Bonchev–Trinajstić information content (AvgIpc) is 2.94. The summed E-state index contributed by atoms with van der Waals surface area (Å²) in [5.74, 6) is -0.216. The van der Waals surface area contributed by atoms with Crippen molar-refractivity contribution in [3.8, 4) is 5.75 Å². The largest absolute Gasteiger partial charge is 0.496 e. The van der Waals surface area contributed by atoms with Crippen LogP contribution >= 0.6 is 0 Å². The van der Waals surface area contributed by atoms with Gasteiger partial charge in [0.2, 0.25) is 0 Å². The van der Waals surface area contributed by atoms with Crippen molar-refractivity contribution in [1.29, 1.82) is 0 Å². The minimum absolute atomic E-state index is 0.0149. The lowest BCUT2D eigenvalue weighted by atomic mass is 9.73. The third kappa shape index (κ3) is 2.55. The maximum absolute atomic E-state index is 13.0. The van der Waals surface area contributed by atoms with Gasteiger partial charge in [0, 0.05) is 30.8 Å². The van der Waals surface area contributed by atoms with E-state index in [9.17, 15) is 14.7 Å². The van der Waals surface area contributed by atoms with Crippen LogP contribution in [0.2, 0.25) is 0 Å². The number of rotatable bonds is 3. The second-order valence-electron chi connectivity index (χ2n) is 7.00. The first kappa shape index (κ1) is 16.8. The molecule has 6 heteroatoms. The summed E-state index contributed by atoms with van der Waals surface area (Å²) >= 11 is 0. The average molecular weight is 332 g/mol. The van der Waals surface area contributed by atoms with Gasteiger partial charge in [-0.15, -0.1) is 0 Å². The highest BCUT2D eigenvalue weighted by Crippen LogP contribution is 2.42. The van der Waals surface area contributed by atoms with Crippen LogP contribution in [0.4, 0.5) is 0 Å². The summed E-state index contributed by atoms with van der Waals surface area (Å²) < 4.78 is 5.29. The van der Waals surface area contributed by atoms with Gasteiger partial charge in [0.15, 0.2) is 0 Å². The van der Waals surface area contributed by atoms with Crippen molar-refractivity contribution in [2.75, 3.05) is 40.3 Å². The Morgan fingerprint density at radius 1 is 1.33 bits per heavy atom. The number of methoxy groups -OCH3 is 1. The Balaban J connectivity index is 1.89. The minimum atomic E-state index is -0.852. The van der Waals surface area contributed by atoms with Gasteiger partial charge in [-0.2, -0.15) is 0 Å². The molecule has 130 valence electrons. The zero-order valence-corrected chi connectivity index (χ0v) is 14.4. The third-order valence-electron chi connectivity index (χ3n) is 5.55. The molecular weight excluding hydrogens is 308 g/mol. The molecular formula is C18H24N2O4. The first-order valence-electron chi connectivity index (χ1n) is 8.24. The fourth-order valence-corrected chi connectivity index (χ4v) is 4.16. The smallest absolute Gasteiger partial charge is 0.313 e. The SMILES string of the molecule is COc1cccc(C(=O)N2C[C@H]3CCN(C)C[C@@]3(C(=O)O)C2)c1C. The van der Waals surface area contributed by atoms with Crippen LogP contribution < -0.4 is 4.74 Å². The molecule has 2 fully saturated rings. The molecule has 0 radical (unpaired) electrons. The number of hydrogen-bond acceptors (Lipinski definition) is 4. The molecule has 1 aromatic rings. The quantitative estimate of drug-likeness (QED) is 0.908. The van der Waals surface area contributed by atoms with Crippen molar-refractivity contribution in [1.82, 2.24) is 9.80 Å². The number of benzene rings is 1.